The predicted octanol–water partition coefficient (Wildman–Crippen LogP) is 2.48. The fourth-order valence-electron chi connectivity index (χ4n) is 2.34. The lowest BCUT2D eigenvalue weighted by atomic mass is 10.1. The van der Waals surface area contributed by atoms with Crippen LogP contribution < -0.4 is 4.74 Å². The number of nitrogens with one attached hydrogen (secondary N) is 1. The predicted molar refractivity (Wildman–Crippen MR) is 87.6 cm³/mol. The van der Waals surface area contributed by atoms with Crippen molar-refractivity contribution in [3.63, 3.8) is 0 Å². The number of rotatable bonds is 6. The van der Waals surface area contributed by atoms with E-state index in [1.54, 1.807) is 26.8 Å². The summed E-state index contributed by atoms with van der Waals surface area (Å²) in [6.45, 7) is 8.99. The second kappa shape index (κ2) is 7.25. The molecule has 0 fully saturated rings. The van der Waals surface area contributed by atoms with Crippen molar-refractivity contribution < 1.29 is 19.1 Å². The molecule has 0 bridgehead atoms. The highest BCUT2D eigenvalue weighted by Crippen LogP contribution is 2.20. The molecule has 0 aromatic carbocycles. The van der Waals surface area contributed by atoms with Crippen molar-refractivity contribution in [2.75, 3.05) is 13.2 Å². The highest BCUT2D eigenvalue weighted by Gasteiger charge is 2.23. The maximum Gasteiger partial charge on any atom is 0.340 e. The molecule has 0 aliphatic carbocycles. The molecule has 7 heteroatoms. The number of hydrogen-bond acceptors (Lipinski definition) is 6. The zero-order valence-corrected chi connectivity index (χ0v) is 14.5. The third-order valence-electron chi connectivity index (χ3n) is 3.76. The highest BCUT2D eigenvalue weighted by atomic mass is 16.5. The minimum atomic E-state index is -0.441. The summed E-state index contributed by atoms with van der Waals surface area (Å²) in [4.78, 5) is 27.3. The van der Waals surface area contributed by atoms with Gasteiger partial charge < -0.3 is 14.5 Å². The van der Waals surface area contributed by atoms with Crippen LogP contribution in [-0.2, 0) is 4.74 Å². The average molecular weight is 331 g/mol. The summed E-state index contributed by atoms with van der Waals surface area (Å²) in [6.07, 6.45) is 0. The van der Waals surface area contributed by atoms with E-state index in [2.05, 4.69) is 15.2 Å². The topological polar surface area (TPSA) is 94.2 Å². The van der Waals surface area contributed by atoms with Crippen molar-refractivity contribution in [3.05, 3.63) is 39.8 Å². The Kier molecular flexibility index (Phi) is 5.33. The number of nitrogens with zero attached hydrogens (tertiary/aromatic N) is 2. The molecule has 0 saturated carbocycles. The van der Waals surface area contributed by atoms with Crippen molar-refractivity contribution in [3.8, 4) is 5.88 Å². The van der Waals surface area contributed by atoms with E-state index >= 15 is 0 Å². The summed E-state index contributed by atoms with van der Waals surface area (Å²) < 4.78 is 10.4. The van der Waals surface area contributed by atoms with E-state index in [-0.39, 0.29) is 24.9 Å². The smallest absolute Gasteiger partial charge is 0.340 e. The second-order valence-electron chi connectivity index (χ2n) is 5.51. The number of hydrogen-bond donors (Lipinski definition) is 1. The average Bonchev–Trinajstić information content (AvgIpc) is 2.83. The maximum absolute atomic E-state index is 12.4. The van der Waals surface area contributed by atoms with Gasteiger partial charge in [-0.05, 0) is 45.7 Å². The van der Waals surface area contributed by atoms with Crippen LogP contribution >= 0.6 is 0 Å². The molecule has 2 rings (SSSR count). The summed E-state index contributed by atoms with van der Waals surface area (Å²) in [5.74, 6) is -0.423. The van der Waals surface area contributed by atoms with Crippen LogP contribution in [0.1, 0.15) is 50.3 Å². The molecule has 1 N–H and O–H groups in total. The third-order valence-corrected chi connectivity index (χ3v) is 3.76. The molecule has 128 valence electrons. The van der Waals surface area contributed by atoms with E-state index in [1.165, 1.54) is 0 Å². The highest BCUT2D eigenvalue weighted by molar-refractivity contribution is 6.02. The molecule has 7 nitrogen and oxygen atoms in total. The molecular formula is C17H21N3O4. The minimum absolute atomic E-state index is 0.194. The summed E-state index contributed by atoms with van der Waals surface area (Å²) in [5, 5.41) is 7.85. The number of carbonyl (C=O) groups is 2. The van der Waals surface area contributed by atoms with Gasteiger partial charge in [0.25, 0.3) is 0 Å². The van der Waals surface area contributed by atoms with Crippen LogP contribution in [0.3, 0.4) is 0 Å². The molecule has 0 aliphatic heterocycles. The molecule has 0 radical (unpaired) electrons. The summed E-state index contributed by atoms with van der Waals surface area (Å²) in [6, 6.07) is 1.73. The summed E-state index contributed by atoms with van der Waals surface area (Å²) in [7, 11) is 0. The Morgan fingerprint density at radius 1 is 1.17 bits per heavy atom. The van der Waals surface area contributed by atoms with E-state index in [1.807, 2.05) is 13.8 Å². The molecule has 0 spiro atoms. The van der Waals surface area contributed by atoms with Crippen LogP contribution in [0.4, 0.5) is 0 Å². The van der Waals surface area contributed by atoms with Gasteiger partial charge in [0.1, 0.15) is 0 Å². The Morgan fingerprint density at radius 2 is 1.88 bits per heavy atom. The summed E-state index contributed by atoms with van der Waals surface area (Å²) >= 11 is 0. The molecule has 0 saturated heterocycles. The molecule has 2 aromatic rings. The van der Waals surface area contributed by atoms with E-state index in [9.17, 15) is 9.59 Å². The number of aromatic nitrogens is 3. The van der Waals surface area contributed by atoms with Crippen molar-refractivity contribution in [2.24, 2.45) is 0 Å². The Labute approximate surface area is 140 Å². The zero-order valence-electron chi connectivity index (χ0n) is 14.5. The number of aromatic amines is 1. The first-order valence-corrected chi connectivity index (χ1v) is 7.68. The molecule has 2 aromatic heterocycles. The van der Waals surface area contributed by atoms with Crippen LogP contribution in [0, 0.1) is 27.7 Å². The lowest BCUT2D eigenvalue weighted by molar-refractivity contribution is 0.0525. The van der Waals surface area contributed by atoms with Crippen LogP contribution in [0.15, 0.2) is 6.07 Å². The van der Waals surface area contributed by atoms with Crippen molar-refractivity contribution in [2.45, 2.75) is 34.6 Å². The molecule has 24 heavy (non-hydrogen) atoms. The largest absolute Gasteiger partial charge is 0.468 e. The van der Waals surface area contributed by atoms with Gasteiger partial charge in [0.15, 0.2) is 6.61 Å². The second-order valence-corrected chi connectivity index (χ2v) is 5.51. The van der Waals surface area contributed by atoms with Crippen LogP contribution in [-0.4, -0.2) is 40.1 Å². The lowest BCUT2D eigenvalue weighted by Crippen LogP contribution is -2.14. The fourth-order valence-corrected chi connectivity index (χ4v) is 2.34. The van der Waals surface area contributed by atoms with E-state index in [4.69, 9.17) is 9.47 Å². The van der Waals surface area contributed by atoms with Crippen molar-refractivity contribution in [1.29, 1.82) is 0 Å². The number of ether oxygens (including phenoxy) is 2. The van der Waals surface area contributed by atoms with E-state index in [0.29, 0.717) is 22.5 Å². The number of carbonyl (C=O) groups excluding carboxylic acids is 2. The van der Waals surface area contributed by atoms with Gasteiger partial charge in [0.2, 0.25) is 11.7 Å². The van der Waals surface area contributed by atoms with Gasteiger partial charge in [-0.1, -0.05) is 0 Å². The lowest BCUT2D eigenvalue weighted by Gasteiger charge is -2.06. The minimum Gasteiger partial charge on any atom is -0.468 e. The Bertz CT molecular complexity index is 780. The number of H-pyrrole nitrogens is 1. The zero-order chi connectivity index (χ0) is 17.9. The first-order chi connectivity index (χ1) is 11.3. The van der Waals surface area contributed by atoms with E-state index < -0.39 is 5.97 Å². The summed E-state index contributed by atoms with van der Waals surface area (Å²) in [5.41, 5.74) is 3.64. The van der Waals surface area contributed by atoms with E-state index in [0.717, 1.165) is 11.3 Å². The normalized spacial score (nSPS) is 10.5. The monoisotopic (exact) mass is 331 g/mol. The SMILES string of the molecule is CCOC(=O)c1c(C)[nH]c(C(=O)COc2cc(C)c(C)nn2)c1C. The maximum atomic E-state index is 12.4. The molecule has 2 heterocycles. The molecule has 0 atom stereocenters. The molecule has 0 unspecified atom stereocenters. The van der Waals surface area contributed by atoms with Gasteiger partial charge in [0, 0.05) is 11.8 Å². The van der Waals surface area contributed by atoms with Gasteiger partial charge in [0.05, 0.1) is 23.6 Å². The van der Waals surface area contributed by atoms with Gasteiger partial charge in [-0.15, -0.1) is 5.10 Å². The number of aryl methyl sites for hydroxylation is 3. The quantitative estimate of drug-likeness (QED) is 0.645. The molecule has 0 amide bonds. The number of esters is 1. The molecular weight excluding hydrogens is 310 g/mol. The van der Waals surface area contributed by atoms with Crippen LogP contribution in [0.25, 0.3) is 0 Å². The standard InChI is InChI=1S/C17H21N3O4/c1-6-23-17(22)15-10(3)16(18-12(15)5)13(21)8-24-14-7-9(2)11(4)19-20-14/h7,18H,6,8H2,1-5H3. The molecule has 0 aliphatic rings. The van der Waals surface area contributed by atoms with Crippen molar-refractivity contribution >= 4 is 11.8 Å². The van der Waals surface area contributed by atoms with Crippen LogP contribution in [0.2, 0.25) is 0 Å². The van der Waals surface area contributed by atoms with Crippen LogP contribution in [0.5, 0.6) is 5.88 Å². The van der Waals surface area contributed by atoms with Gasteiger partial charge >= 0.3 is 5.97 Å². The Morgan fingerprint density at radius 3 is 2.50 bits per heavy atom. The number of Topliss-reactive ketones (excluding diaryl/α,β-unsaturated/α-hetero) is 1. The Balaban J connectivity index is 2.14. The first-order valence-electron chi connectivity index (χ1n) is 7.68. The third kappa shape index (κ3) is 3.61. The fraction of sp³-hybridized carbons (Fsp3) is 0.412. The van der Waals surface area contributed by atoms with Gasteiger partial charge in [-0.25, -0.2) is 4.79 Å². The van der Waals surface area contributed by atoms with Gasteiger partial charge in [-0.3, -0.25) is 4.79 Å². The van der Waals surface area contributed by atoms with Gasteiger partial charge in [-0.2, -0.15) is 5.10 Å². The van der Waals surface area contributed by atoms with Crippen molar-refractivity contribution in [1.82, 2.24) is 15.2 Å². The Hall–Kier alpha value is -2.70. The first kappa shape index (κ1) is 17.7. The number of ketones is 1.